The van der Waals surface area contributed by atoms with Crippen LogP contribution in [0.3, 0.4) is 0 Å². The van der Waals surface area contributed by atoms with Crippen molar-refractivity contribution in [1.29, 1.82) is 0 Å². The van der Waals surface area contributed by atoms with Gasteiger partial charge in [0.25, 0.3) is 0 Å². The van der Waals surface area contributed by atoms with Gasteiger partial charge in [0, 0.05) is 19.1 Å². The predicted molar refractivity (Wildman–Crippen MR) is 67.5 cm³/mol. The number of hydrogen-bond donors (Lipinski definition) is 1. The second-order valence-electron chi connectivity index (χ2n) is 7.05. The normalized spacial score (nSPS) is 43.5. The molecule has 92 valence electrons. The Morgan fingerprint density at radius 2 is 1.81 bits per heavy atom. The number of likely N-dealkylation sites (tertiary alicyclic amines) is 1. The standard InChI is InChI=1S/C14H26N2/c1-14(2)5-3-4-13(6-14)16-9-11-7-15-8-12(11)10-16/h11-13,15H,3-10H2,1-2H3. The molecule has 0 aromatic heterocycles. The van der Waals surface area contributed by atoms with Gasteiger partial charge in [0.1, 0.15) is 0 Å². The van der Waals surface area contributed by atoms with Crippen molar-refractivity contribution in [2.24, 2.45) is 17.3 Å². The van der Waals surface area contributed by atoms with Crippen molar-refractivity contribution in [2.45, 2.75) is 45.6 Å². The number of fused-ring (bicyclic) bond motifs is 1. The van der Waals surface area contributed by atoms with Gasteiger partial charge in [-0.05, 0) is 49.6 Å². The molecule has 1 saturated carbocycles. The average Bonchev–Trinajstić information content (AvgIpc) is 2.74. The van der Waals surface area contributed by atoms with Crippen LogP contribution in [-0.2, 0) is 0 Å². The third kappa shape index (κ3) is 2.02. The second kappa shape index (κ2) is 3.99. The van der Waals surface area contributed by atoms with Gasteiger partial charge in [-0.1, -0.05) is 20.3 Å². The highest BCUT2D eigenvalue weighted by Gasteiger charge is 2.40. The SMILES string of the molecule is CC1(C)CCCC(N2CC3CNCC3C2)C1. The van der Waals surface area contributed by atoms with Crippen LogP contribution in [-0.4, -0.2) is 37.1 Å². The molecule has 3 rings (SSSR count). The molecule has 3 aliphatic rings. The maximum Gasteiger partial charge on any atom is 0.0101 e. The second-order valence-corrected chi connectivity index (χ2v) is 7.05. The number of hydrogen-bond acceptors (Lipinski definition) is 2. The fourth-order valence-corrected chi connectivity index (χ4v) is 4.16. The molecule has 0 radical (unpaired) electrons. The summed E-state index contributed by atoms with van der Waals surface area (Å²) in [7, 11) is 0. The third-order valence-corrected chi connectivity index (χ3v) is 5.11. The van der Waals surface area contributed by atoms with Crippen molar-refractivity contribution in [3.63, 3.8) is 0 Å². The van der Waals surface area contributed by atoms with Gasteiger partial charge in [0.15, 0.2) is 0 Å². The van der Waals surface area contributed by atoms with Crippen LogP contribution >= 0.6 is 0 Å². The Kier molecular flexibility index (Phi) is 2.75. The van der Waals surface area contributed by atoms with Crippen LogP contribution in [0.1, 0.15) is 39.5 Å². The highest BCUT2D eigenvalue weighted by atomic mass is 15.2. The van der Waals surface area contributed by atoms with E-state index < -0.39 is 0 Å². The Labute approximate surface area is 99.8 Å². The molecule has 3 atom stereocenters. The zero-order chi connectivity index (χ0) is 11.2. The van der Waals surface area contributed by atoms with Gasteiger partial charge in [-0.25, -0.2) is 0 Å². The molecule has 2 heterocycles. The summed E-state index contributed by atoms with van der Waals surface area (Å²) in [6.45, 7) is 10.2. The van der Waals surface area contributed by atoms with Gasteiger partial charge >= 0.3 is 0 Å². The highest BCUT2D eigenvalue weighted by Crippen LogP contribution is 2.39. The van der Waals surface area contributed by atoms with Crippen molar-refractivity contribution in [3.8, 4) is 0 Å². The lowest BCUT2D eigenvalue weighted by Gasteiger charge is -2.40. The molecule has 0 bridgehead atoms. The molecular formula is C14H26N2. The van der Waals surface area contributed by atoms with Crippen LogP contribution in [0.4, 0.5) is 0 Å². The first-order chi connectivity index (χ1) is 7.64. The third-order valence-electron chi connectivity index (χ3n) is 5.11. The summed E-state index contributed by atoms with van der Waals surface area (Å²) in [5.74, 6) is 1.93. The van der Waals surface area contributed by atoms with Gasteiger partial charge in [0.05, 0.1) is 0 Å². The van der Waals surface area contributed by atoms with E-state index in [0.717, 1.165) is 17.9 Å². The predicted octanol–water partition coefficient (Wildman–Crippen LogP) is 2.11. The summed E-state index contributed by atoms with van der Waals surface area (Å²) in [6, 6.07) is 0.898. The quantitative estimate of drug-likeness (QED) is 0.731. The van der Waals surface area contributed by atoms with E-state index in [1.165, 1.54) is 51.9 Å². The number of nitrogens with zero attached hydrogens (tertiary/aromatic N) is 1. The van der Waals surface area contributed by atoms with E-state index in [4.69, 9.17) is 0 Å². The summed E-state index contributed by atoms with van der Waals surface area (Å²) in [5.41, 5.74) is 0.596. The smallest absolute Gasteiger partial charge is 0.0101 e. The van der Waals surface area contributed by atoms with Gasteiger partial charge in [-0.2, -0.15) is 0 Å². The Morgan fingerprint density at radius 1 is 1.12 bits per heavy atom. The van der Waals surface area contributed by atoms with Crippen LogP contribution in [0.15, 0.2) is 0 Å². The molecule has 3 fully saturated rings. The number of rotatable bonds is 1. The zero-order valence-electron chi connectivity index (χ0n) is 10.8. The Hall–Kier alpha value is -0.0800. The first-order valence-corrected chi connectivity index (χ1v) is 7.09. The molecule has 2 aliphatic heterocycles. The van der Waals surface area contributed by atoms with Gasteiger partial charge in [-0.3, -0.25) is 4.90 Å². The minimum absolute atomic E-state index is 0.596. The molecular weight excluding hydrogens is 196 g/mol. The zero-order valence-corrected chi connectivity index (χ0v) is 10.8. The van der Waals surface area contributed by atoms with E-state index in [9.17, 15) is 0 Å². The van der Waals surface area contributed by atoms with Crippen molar-refractivity contribution in [1.82, 2.24) is 10.2 Å². The molecule has 2 saturated heterocycles. The van der Waals surface area contributed by atoms with Crippen molar-refractivity contribution < 1.29 is 0 Å². The van der Waals surface area contributed by atoms with E-state index in [1.54, 1.807) is 0 Å². The first kappa shape index (κ1) is 11.0. The Bertz CT molecular complexity index is 249. The van der Waals surface area contributed by atoms with E-state index in [-0.39, 0.29) is 0 Å². The molecule has 2 heteroatoms. The maximum atomic E-state index is 3.54. The minimum atomic E-state index is 0.596. The van der Waals surface area contributed by atoms with Gasteiger partial charge in [0.2, 0.25) is 0 Å². The molecule has 1 aliphatic carbocycles. The molecule has 3 unspecified atom stereocenters. The summed E-state index contributed by atoms with van der Waals surface area (Å²) < 4.78 is 0. The van der Waals surface area contributed by atoms with Gasteiger partial charge in [-0.15, -0.1) is 0 Å². The maximum absolute atomic E-state index is 3.54. The van der Waals surface area contributed by atoms with Crippen molar-refractivity contribution in [2.75, 3.05) is 26.2 Å². The fourth-order valence-electron chi connectivity index (χ4n) is 4.16. The van der Waals surface area contributed by atoms with E-state index in [2.05, 4.69) is 24.1 Å². The lowest BCUT2D eigenvalue weighted by molar-refractivity contribution is 0.107. The summed E-state index contributed by atoms with van der Waals surface area (Å²) in [5, 5.41) is 3.54. The summed E-state index contributed by atoms with van der Waals surface area (Å²) in [6.07, 6.45) is 5.77. The Balaban J connectivity index is 1.62. The van der Waals surface area contributed by atoms with Crippen LogP contribution in [0.25, 0.3) is 0 Å². The fraction of sp³-hybridized carbons (Fsp3) is 1.00. The van der Waals surface area contributed by atoms with Crippen molar-refractivity contribution in [3.05, 3.63) is 0 Å². The van der Waals surface area contributed by atoms with E-state index in [0.29, 0.717) is 5.41 Å². The first-order valence-electron chi connectivity index (χ1n) is 7.09. The average molecular weight is 222 g/mol. The topological polar surface area (TPSA) is 15.3 Å². The monoisotopic (exact) mass is 222 g/mol. The van der Waals surface area contributed by atoms with Crippen LogP contribution in [0, 0.1) is 17.3 Å². The lowest BCUT2D eigenvalue weighted by atomic mass is 9.75. The highest BCUT2D eigenvalue weighted by molar-refractivity contribution is 4.95. The van der Waals surface area contributed by atoms with Crippen LogP contribution < -0.4 is 5.32 Å². The van der Waals surface area contributed by atoms with Crippen LogP contribution in [0.2, 0.25) is 0 Å². The lowest BCUT2D eigenvalue weighted by Crippen LogP contribution is -2.41. The molecule has 2 nitrogen and oxygen atoms in total. The summed E-state index contributed by atoms with van der Waals surface area (Å²) >= 11 is 0. The molecule has 16 heavy (non-hydrogen) atoms. The molecule has 1 N–H and O–H groups in total. The van der Waals surface area contributed by atoms with E-state index in [1.807, 2.05) is 0 Å². The minimum Gasteiger partial charge on any atom is -0.316 e. The molecule has 0 spiro atoms. The molecule has 0 aromatic rings. The largest absolute Gasteiger partial charge is 0.316 e. The van der Waals surface area contributed by atoms with Crippen LogP contribution in [0.5, 0.6) is 0 Å². The molecule has 0 aromatic carbocycles. The Morgan fingerprint density at radius 3 is 2.44 bits per heavy atom. The summed E-state index contributed by atoms with van der Waals surface area (Å²) in [4.78, 5) is 2.82. The van der Waals surface area contributed by atoms with Crippen molar-refractivity contribution >= 4 is 0 Å². The molecule has 0 amide bonds. The van der Waals surface area contributed by atoms with E-state index >= 15 is 0 Å². The van der Waals surface area contributed by atoms with Gasteiger partial charge < -0.3 is 5.32 Å². The number of nitrogens with one attached hydrogen (secondary N) is 1.